The van der Waals surface area contributed by atoms with E-state index in [1.54, 1.807) is 23.4 Å². The van der Waals surface area contributed by atoms with Crippen LogP contribution < -0.4 is 0 Å². The van der Waals surface area contributed by atoms with Crippen LogP contribution in [0.15, 0.2) is 24.3 Å². The van der Waals surface area contributed by atoms with Gasteiger partial charge >= 0.3 is 0 Å². The lowest BCUT2D eigenvalue weighted by Crippen LogP contribution is -2.64. The predicted octanol–water partition coefficient (Wildman–Crippen LogP) is 2.89. The molecule has 3 aliphatic heterocycles. The molecule has 144 valence electrons. The van der Waals surface area contributed by atoms with Crippen molar-refractivity contribution in [3.05, 3.63) is 35.6 Å². The van der Waals surface area contributed by atoms with Gasteiger partial charge in [-0.05, 0) is 68.7 Å². The van der Waals surface area contributed by atoms with Crippen LogP contribution in [0.25, 0.3) is 0 Å². The van der Waals surface area contributed by atoms with E-state index >= 15 is 0 Å². The summed E-state index contributed by atoms with van der Waals surface area (Å²) in [6.45, 7) is 4.13. The highest BCUT2D eigenvalue weighted by Crippen LogP contribution is 2.42. The Morgan fingerprint density at radius 3 is 2.77 bits per heavy atom. The van der Waals surface area contributed by atoms with Gasteiger partial charge in [0.15, 0.2) is 0 Å². The van der Waals surface area contributed by atoms with Crippen molar-refractivity contribution < 1.29 is 12.8 Å². The van der Waals surface area contributed by atoms with Crippen LogP contribution in [-0.2, 0) is 16.4 Å². The predicted molar refractivity (Wildman–Crippen MR) is 101 cm³/mol. The third-order valence-electron chi connectivity index (χ3n) is 6.68. The van der Waals surface area contributed by atoms with Crippen molar-refractivity contribution in [1.29, 1.82) is 0 Å². The second-order valence-corrected chi connectivity index (χ2v) is 10.4. The third kappa shape index (κ3) is 3.43. The zero-order valence-electron chi connectivity index (χ0n) is 15.5. The average molecular weight is 381 g/mol. The molecule has 4 rings (SSSR count). The van der Waals surface area contributed by atoms with Crippen molar-refractivity contribution in [2.45, 2.75) is 51.1 Å². The van der Waals surface area contributed by atoms with Crippen LogP contribution in [0.3, 0.4) is 0 Å². The highest BCUT2D eigenvalue weighted by atomic mass is 32.2. The molecule has 4 nitrogen and oxygen atoms in total. The first-order chi connectivity index (χ1) is 12.5. The Morgan fingerprint density at radius 1 is 1.19 bits per heavy atom. The molecule has 3 heterocycles. The van der Waals surface area contributed by atoms with Gasteiger partial charge in [0.2, 0.25) is 10.0 Å². The van der Waals surface area contributed by atoms with E-state index in [4.69, 9.17) is 0 Å². The molecule has 0 amide bonds. The minimum absolute atomic E-state index is 0.176. The van der Waals surface area contributed by atoms with Gasteiger partial charge in [0.1, 0.15) is 5.82 Å². The van der Waals surface area contributed by atoms with Gasteiger partial charge < -0.3 is 0 Å². The summed E-state index contributed by atoms with van der Waals surface area (Å²) < 4.78 is 40.5. The third-order valence-corrected chi connectivity index (χ3v) is 8.49. The number of hydrogen-bond donors (Lipinski definition) is 0. The van der Waals surface area contributed by atoms with Gasteiger partial charge in [-0.2, -0.15) is 0 Å². The summed E-state index contributed by atoms with van der Waals surface area (Å²) in [5, 5.41) is 0. The van der Waals surface area contributed by atoms with E-state index in [0.717, 1.165) is 31.4 Å². The van der Waals surface area contributed by atoms with Gasteiger partial charge in [-0.25, -0.2) is 17.1 Å². The minimum atomic E-state index is -3.15. The van der Waals surface area contributed by atoms with E-state index in [2.05, 4.69) is 4.90 Å². The lowest BCUT2D eigenvalue weighted by Gasteiger charge is -2.56. The summed E-state index contributed by atoms with van der Waals surface area (Å²) in [5.41, 5.74) is 1.02. The molecule has 1 aromatic carbocycles. The minimum Gasteiger partial charge on any atom is -0.296 e. The molecule has 0 saturated carbocycles. The summed E-state index contributed by atoms with van der Waals surface area (Å²) >= 11 is 0. The van der Waals surface area contributed by atoms with Crippen molar-refractivity contribution in [2.75, 3.05) is 25.4 Å². The van der Waals surface area contributed by atoms with Crippen LogP contribution in [0.5, 0.6) is 0 Å². The maximum Gasteiger partial charge on any atom is 0.213 e. The summed E-state index contributed by atoms with van der Waals surface area (Å²) in [7, 11) is -3.15. The van der Waals surface area contributed by atoms with Gasteiger partial charge in [-0.15, -0.1) is 0 Å². The lowest BCUT2D eigenvalue weighted by atomic mass is 9.71. The van der Waals surface area contributed by atoms with E-state index < -0.39 is 10.0 Å². The maximum atomic E-state index is 13.7. The Labute approximate surface area is 156 Å². The fraction of sp³-hybridized carbons (Fsp3) is 0.700. The van der Waals surface area contributed by atoms with Crippen LogP contribution in [0.1, 0.15) is 38.2 Å². The van der Waals surface area contributed by atoms with Crippen LogP contribution in [-0.4, -0.2) is 55.1 Å². The number of hydrogen-bond acceptors (Lipinski definition) is 3. The first kappa shape index (κ1) is 18.4. The van der Waals surface area contributed by atoms with Gasteiger partial charge in [-0.1, -0.05) is 18.6 Å². The molecule has 0 N–H and O–H groups in total. The number of fused-ring (bicyclic) bond motifs is 4. The lowest BCUT2D eigenvalue weighted by molar-refractivity contribution is -0.0549. The molecule has 4 atom stereocenters. The Bertz CT molecular complexity index is 754. The van der Waals surface area contributed by atoms with E-state index in [1.165, 1.54) is 18.9 Å². The number of sulfonamides is 1. The summed E-state index contributed by atoms with van der Waals surface area (Å²) in [6, 6.07) is 7.69. The molecule has 3 fully saturated rings. The van der Waals surface area contributed by atoms with Gasteiger partial charge in [0.05, 0.1) is 5.75 Å². The van der Waals surface area contributed by atoms with E-state index in [1.807, 2.05) is 6.07 Å². The fourth-order valence-corrected chi connectivity index (χ4v) is 6.66. The zero-order chi connectivity index (χ0) is 18.3. The number of rotatable bonds is 4. The summed E-state index contributed by atoms with van der Waals surface area (Å²) in [5.74, 6) is 0.770. The normalized spacial score (nSPS) is 33.0. The van der Waals surface area contributed by atoms with Crippen LogP contribution in [0.4, 0.5) is 4.39 Å². The largest absolute Gasteiger partial charge is 0.296 e. The fourth-order valence-electron chi connectivity index (χ4n) is 5.46. The first-order valence-electron chi connectivity index (χ1n) is 9.96. The SMILES string of the molecule is CCS(=O)(=O)N1C[C@H]2C[C@@H](C1)[C@H](Cc1cccc(F)c1)N1CCCC[C@@H]21. The number of nitrogens with zero attached hydrogens (tertiary/aromatic N) is 2. The van der Waals surface area contributed by atoms with Crippen LogP contribution in [0, 0.1) is 17.7 Å². The molecule has 0 spiro atoms. The molecule has 0 radical (unpaired) electrons. The number of halogens is 1. The molecule has 3 aliphatic rings. The Morgan fingerprint density at radius 2 is 2.00 bits per heavy atom. The van der Waals surface area contributed by atoms with Crippen LogP contribution in [0.2, 0.25) is 0 Å². The standard InChI is InChI=1S/C20H29FN2O2S/c1-2-26(24,25)22-13-16-12-17(14-22)20(23-9-4-3-8-19(16)23)11-15-6-5-7-18(21)10-15/h5-7,10,16-17,19-20H,2-4,8-9,11-14H2,1H3/t16-,17+,19+,20+/m1/s1. The first-order valence-corrected chi connectivity index (χ1v) is 11.6. The number of piperidine rings is 3. The smallest absolute Gasteiger partial charge is 0.213 e. The molecule has 0 aromatic heterocycles. The number of benzene rings is 1. The summed E-state index contributed by atoms with van der Waals surface area (Å²) in [6.07, 6.45) is 5.53. The highest BCUT2D eigenvalue weighted by Gasteiger charge is 2.48. The Balaban J connectivity index is 1.63. The maximum absolute atomic E-state index is 13.7. The van der Waals surface area contributed by atoms with E-state index in [-0.39, 0.29) is 11.6 Å². The zero-order valence-corrected chi connectivity index (χ0v) is 16.3. The van der Waals surface area contributed by atoms with E-state index in [0.29, 0.717) is 37.0 Å². The highest BCUT2D eigenvalue weighted by molar-refractivity contribution is 7.89. The van der Waals surface area contributed by atoms with Crippen molar-refractivity contribution in [1.82, 2.24) is 9.21 Å². The summed E-state index contributed by atoms with van der Waals surface area (Å²) in [4.78, 5) is 2.64. The van der Waals surface area contributed by atoms with Crippen molar-refractivity contribution in [3.63, 3.8) is 0 Å². The van der Waals surface area contributed by atoms with E-state index in [9.17, 15) is 12.8 Å². The monoisotopic (exact) mass is 380 g/mol. The van der Waals surface area contributed by atoms with Crippen LogP contribution >= 0.6 is 0 Å². The molecule has 1 aromatic rings. The average Bonchev–Trinajstić information content (AvgIpc) is 2.65. The van der Waals surface area contributed by atoms with Gasteiger partial charge in [0.25, 0.3) is 0 Å². The van der Waals surface area contributed by atoms with Crippen molar-refractivity contribution in [2.24, 2.45) is 11.8 Å². The molecule has 0 aliphatic carbocycles. The molecule has 3 saturated heterocycles. The van der Waals surface area contributed by atoms with Crippen molar-refractivity contribution in [3.8, 4) is 0 Å². The quantitative estimate of drug-likeness (QED) is 0.806. The Kier molecular flexibility index (Phi) is 5.10. The second-order valence-electron chi connectivity index (χ2n) is 8.18. The molecular weight excluding hydrogens is 351 g/mol. The van der Waals surface area contributed by atoms with Gasteiger partial charge in [0, 0.05) is 25.2 Å². The molecule has 26 heavy (non-hydrogen) atoms. The molecule has 0 unspecified atom stereocenters. The molecule has 2 bridgehead atoms. The molecule has 6 heteroatoms. The molecular formula is C20H29FN2O2S. The Hall–Kier alpha value is -0.980. The topological polar surface area (TPSA) is 40.6 Å². The van der Waals surface area contributed by atoms with Crippen molar-refractivity contribution >= 4 is 10.0 Å². The second kappa shape index (κ2) is 7.21. The van der Waals surface area contributed by atoms with Gasteiger partial charge in [-0.3, -0.25) is 4.90 Å².